The van der Waals surface area contributed by atoms with Gasteiger partial charge in [0, 0.05) is 6.42 Å². The molecule has 0 amide bonds. The van der Waals surface area contributed by atoms with Crippen molar-refractivity contribution in [3.63, 3.8) is 0 Å². The van der Waals surface area contributed by atoms with Crippen LogP contribution >= 0.6 is 0 Å². The summed E-state index contributed by atoms with van der Waals surface area (Å²) < 4.78 is 0. The summed E-state index contributed by atoms with van der Waals surface area (Å²) in [6.45, 7) is 4.68. The topological polar surface area (TPSA) is 37.3 Å². The van der Waals surface area contributed by atoms with Crippen molar-refractivity contribution < 1.29 is 9.90 Å². The Morgan fingerprint density at radius 2 is 1.95 bits per heavy atom. The second-order valence-corrected chi connectivity index (χ2v) is 8.27. The van der Waals surface area contributed by atoms with Crippen LogP contribution in [0.5, 0.6) is 0 Å². The number of hydrogen-bond donors (Lipinski definition) is 1. The summed E-state index contributed by atoms with van der Waals surface area (Å²) in [5, 5.41) is 10.4. The van der Waals surface area contributed by atoms with Gasteiger partial charge in [0.25, 0.3) is 0 Å². The molecule has 2 fully saturated rings. The number of allylic oxidation sites excluding steroid dienone is 4. The minimum Gasteiger partial charge on any atom is -0.393 e. The van der Waals surface area contributed by atoms with Gasteiger partial charge >= 0.3 is 0 Å². The fourth-order valence-electron chi connectivity index (χ4n) is 5.97. The minimum absolute atomic E-state index is 0.116. The number of aliphatic hydroxyl groups is 1. The van der Waals surface area contributed by atoms with Gasteiger partial charge in [0.15, 0.2) is 5.78 Å². The quantitative estimate of drug-likeness (QED) is 0.738. The Balaban J connectivity index is 1.75. The fourth-order valence-corrected chi connectivity index (χ4v) is 5.97. The lowest BCUT2D eigenvalue weighted by Gasteiger charge is -2.55. The molecule has 0 aromatic heterocycles. The van der Waals surface area contributed by atoms with Crippen LogP contribution in [0.25, 0.3) is 0 Å². The van der Waals surface area contributed by atoms with Crippen LogP contribution in [0.2, 0.25) is 0 Å². The molecule has 0 aromatic carbocycles. The van der Waals surface area contributed by atoms with E-state index in [0.717, 1.165) is 25.7 Å². The van der Waals surface area contributed by atoms with Gasteiger partial charge in [-0.3, -0.25) is 4.79 Å². The lowest BCUT2D eigenvalue weighted by molar-refractivity contribution is -0.116. The highest BCUT2D eigenvalue weighted by atomic mass is 16.3. The maximum Gasteiger partial charge on any atom is 0.156 e. The first kappa shape index (κ1) is 13.8. The van der Waals surface area contributed by atoms with Crippen molar-refractivity contribution in [2.75, 3.05) is 0 Å². The number of rotatable bonds is 0. The highest BCUT2D eigenvalue weighted by molar-refractivity contribution is 5.92. The van der Waals surface area contributed by atoms with Gasteiger partial charge in [-0.1, -0.05) is 26.0 Å². The van der Waals surface area contributed by atoms with Gasteiger partial charge in [-0.2, -0.15) is 0 Å². The van der Waals surface area contributed by atoms with Crippen LogP contribution in [0, 0.1) is 28.6 Å². The lowest BCUT2D eigenvalue weighted by atomic mass is 9.49. The molecule has 0 heterocycles. The maximum absolute atomic E-state index is 11.8. The summed E-state index contributed by atoms with van der Waals surface area (Å²) in [6.07, 6.45) is 12.6. The van der Waals surface area contributed by atoms with Crippen LogP contribution in [0.4, 0.5) is 0 Å². The van der Waals surface area contributed by atoms with E-state index in [2.05, 4.69) is 26.0 Å². The molecule has 1 N–H and O–H groups in total. The molecular formula is C19H26O2. The zero-order valence-electron chi connectivity index (χ0n) is 13.1. The van der Waals surface area contributed by atoms with E-state index < -0.39 is 0 Å². The monoisotopic (exact) mass is 286 g/mol. The van der Waals surface area contributed by atoms with Crippen molar-refractivity contribution in [1.29, 1.82) is 0 Å². The van der Waals surface area contributed by atoms with E-state index in [1.54, 1.807) is 0 Å². The van der Waals surface area contributed by atoms with E-state index in [1.165, 1.54) is 12.0 Å². The Morgan fingerprint density at radius 3 is 2.76 bits per heavy atom. The van der Waals surface area contributed by atoms with E-state index in [-0.39, 0.29) is 16.9 Å². The summed E-state index contributed by atoms with van der Waals surface area (Å²) in [6, 6.07) is 0. The molecule has 0 bridgehead atoms. The smallest absolute Gasteiger partial charge is 0.156 e. The molecule has 4 aliphatic carbocycles. The predicted octanol–water partition coefficient (Wildman–Crippen LogP) is 3.66. The summed E-state index contributed by atoms with van der Waals surface area (Å²) in [4.78, 5) is 11.8. The number of fused-ring (bicyclic) bond motifs is 5. The summed E-state index contributed by atoms with van der Waals surface area (Å²) in [5.41, 5.74) is 1.57. The third-order valence-electron chi connectivity index (χ3n) is 7.47. The minimum atomic E-state index is -0.116. The molecule has 2 nitrogen and oxygen atoms in total. The molecule has 0 radical (unpaired) electrons. The van der Waals surface area contributed by atoms with E-state index in [4.69, 9.17) is 0 Å². The Labute approximate surface area is 127 Å². The molecule has 3 unspecified atom stereocenters. The first-order valence-electron chi connectivity index (χ1n) is 8.56. The highest BCUT2D eigenvalue weighted by Gasteiger charge is 2.57. The highest BCUT2D eigenvalue weighted by Crippen LogP contribution is 2.63. The van der Waals surface area contributed by atoms with Gasteiger partial charge in [-0.05, 0) is 72.3 Å². The molecule has 0 spiro atoms. The molecule has 2 heteroatoms. The van der Waals surface area contributed by atoms with Gasteiger partial charge in [0.2, 0.25) is 0 Å². The second kappa shape index (κ2) is 4.32. The predicted molar refractivity (Wildman–Crippen MR) is 82.6 cm³/mol. The standard InChI is InChI=1S/C19H26O2/c1-18-9-7-13(20)11-12(18)3-4-14-15-5-6-17(21)19(15,2)10-8-16(14)18/h3-4,11,14-17,21H,5-10H2,1-2H3/t14?,15?,16?,17-,18-,19-/m1/s1. The van der Waals surface area contributed by atoms with Crippen LogP contribution in [-0.2, 0) is 4.79 Å². The van der Waals surface area contributed by atoms with Gasteiger partial charge < -0.3 is 5.11 Å². The Morgan fingerprint density at radius 1 is 1.14 bits per heavy atom. The number of carbonyl (C=O) groups is 1. The zero-order valence-corrected chi connectivity index (χ0v) is 13.1. The Hall–Kier alpha value is -0.890. The van der Waals surface area contributed by atoms with E-state index >= 15 is 0 Å². The molecule has 0 aliphatic heterocycles. The van der Waals surface area contributed by atoms with Crippen LogP contribution in [0.15, 0.2) is 23.8 Å². The molecule has 2 saturated carbocycles. The molecule has 0 saturated heterocycles. The van der Waals surface area contributed by atoms with Crippen molar-refractivity contribution in [1.82, 2.24) is 0 Å². The zero-order chi connectivity index (χ0) is 14.8. The Kier molecular flexibility index (Phi) is 2.83. The van der Waals surface area contributed by atoms with Crippen LogP contribution in [-0.4, -0.2) is 17.0 Å². The molecule has 6 atom stereocenters. The average Bonchev–Trinajstić information content (AvgIpc) is 2.76. The van der Waals surface area contributed by atoms with Gasteiger partial charge in [-0.15, -0.1) is 0 Å². The van der Waals surface area contributed by atoms with Crippen molar-refractivity contribution in [3.05, 3.63) is 23.8 Å². The third-order valence-corrected chi connectivity index (χ3v) is 7.47. The summed E-state index contributed by atoms with van der Waals surface area (Å²) in [5.74, 6) is 2.17. The van der Waals surface area contributed by atoms with Crippen molar-refractivity contribution >= 4 is 5.78 Å². The lowest BCUT2D eigenvalue weighted by Crippen LogP contribution is -2.49. The van der Waals surface area contributed by atoms with Gasteiger partial charge in [0.05, 0.1) is 6.10 Å². The fraction of sp³-hybridized carbons (Fsp3) is 0.737. The molecule has 4 aliphatic rings. The summed E-state index contributed by atoms with van der Waals surface area (Å²) in [7, 11) is 0. The molecule has 0 aromatic rings. The van der Waals surface area contributed by atoms with Crippen molar-refractivity contribution in [3.8, 4) is 0 Å². The van der Waals surface area contributed by atoms with E-state index in [9.17, 15) is 9.90 Å². The Bertz CT molecular complexity index is 546. The van der Waals surface area contributed by atoms with Crippen LogP contribution in [0.1, 0.15) is 52.4 Å². The van der Waals surface area contributed by atoms with Gasteiger partial charge in [0.1, 0.15) is 0 Å². The number of ketones is 1. The van der Waals surface area contributed by atoms with E-state index in [0.29, 0.717) is 30.0 Å². The van der Waals surface area contributed by atoms with E-state index in [1.807, 2.05) is 6.08 Å². The molecule has 21 heavy (non-hydrogen) atoms. The maximum atomic E-state index is 11.8. The normalized spacial score (nSPS) is 52.0. The third kappa shape index (κ3) is 1.72. The average molecular weight is 286 g/mol. The number of hydrogen-bond acceptors (Lipinski definition) is 2. The first-order chi connectivity index (χ1) is 9.95. The SMILES string of the molecule is C[C@@]12CCC(=O)C=C1C=CC1C2CC[C@]2(C)C1CC[C@H]2O. The van der Waals surface area contributed by atoms with Gasteiger partial charge in [-0.25, -0.2) is 0 Å². The van der Waals surface area contributed by atoms with Crippen LogP contribution in [0.3, 0.4) is 0 Å². The van der Waals surface area contributed by atoms with Crippen LogP contribution < -0.4 is 0 Å². The molecular weight excluding hydrogens is 260 g/mol. The number of aliphatic hydroxyl groups excluding tert-OH is 1. The van der Waals surface area contributed by atoms with Crippen molar-refractivity contribution in [2.45, 2.75) is 58.5 Å². The largest absolute Gasteiger partial charge is 0.393 e. The van der Waals surface area contributed by atoms with Crippen molar-refractivity contribution in [2.24, 2.45) is 28.6 Å². The summed E-state index contributed by atoms with van der Waals surface area (Å²) >= 11 is 0. The number of carbonyl (C=O) groups excluding carboxylic acids is 1. The molecule has 114 valence electrons. The first-order valence-corrected chi connectivity index (χ1v) is 8.56. The molecule has 4 rings (SSSR count). The second-order valence-electron chi connectivity index (χ2n) is 8.27.